The number of aldehydes is 2. The number of aliphatic hydroxyl groups is 1. The molecule has 12 heteroatoms. The van der Waals surface area contributed by atoms with Crippen molar-refractivity contribution in [2.75, 3.05) is 0 Å². The SMILES string of the molecule is C.C.C#CC.C#CC(C)(C)O.C=C.C=C.CC#CC.CC(=O)O.CC(C)(F)F.CC(C)=O.CC(C)=O.CC(C)=S.CC=O.CC=O.CCC.CCC.CCCCC.CCCCC.[Na+].[OH-]. The monoisotopic (exact) mass is 957 g/mol. The number of Topliss-reactive ketones (excluding diaryl/α,β-unsaturated/α-hetero) is 2. The van der Waals surface area contributed by atoms with Gasteiger partial charge in [0.1, 0.15) is 29.7 Å². The fourth-order valence-electron chi connectivity index (χ4n) is 0.707. The normalized spacial score (nSPS) is 6.27. The number of alkyl halides is 2. The fourth-order valence-corrected chi connectivity index (χ4v) is 0.707. The number of ketones is 2. The van der Waals surface area contributed by atoms with E-state index in [9.17, 15) is 18.4 Å². The number of terminal acetylenes is 2. The minimum absolute atomic E-state index is 0. The number of halogens is 2. The van der Waals surface area contributed by atoms with Crippen molar-refractivity contribution in [2.45, 2.75) is 244 Å². The standard InChI is InChI=1S/C5H8O.2C5H12.C4H6.C3H6F2.2C3H6O.C3H6S.2C3H8.C3H4.C2H4O2.2C2H4O.2C2H4.2CH4.Na.H2O/c1-4-5(2,3)6;2*1-3-5-4-2;1-3-4-2;1-3(2,4)5;3*1-3(2)4;3*1-3-2;1-2(3)4;2*1-2-3;2*1-2;;;;/h1,6H,2-3H3;2*3-5H2,1-2H3;1-2H3;1-2H3;3*1-2H3;2*3H2,1-2H3;1H,2H3;1H3,(H,3,4);2*2H,1H3;2*1-2H2;2*1H4;;1H2/q;;;;;;;;;;;;;;;;;;+1;/p-1. The van der Waals surface area contributed by atoms with Crippen LogP contribution in [0.3, 0.4) is 0 Å². The van der Waals surface area contributed by atoms with E-state index < -0.39 is 17.5 Å². The Balaban J connectivity index is -0.0000000180. The Morgan fingerprint density at radius 3 is 0.688 bits per heavy atom. The number of thiocarbonyl (C=S) groups is 1. The van der Waals surface area contributed by atoms with Gasteiger partial charge in [-0.1, -0.05) is 140 Å². The van der Waals surface area contributed by atoms with Crippen LogP contribution in [0.1, 0.15) is 232 Å². The number of rotatable bonds is 4. The van der Waals surface area contributed by atoms with Gasteiger partial charge in [-0.2, -0.15) is 0 Å². The van der Waals surface area contributed by atoms with Crippen molar-refractivity contribution < 1.29 is 78.0 Å². The van der Waals surface area contributed by atoms with Gasteiger partial charge in [-0.3, -0.25) is 4.79 Å². The van der Waals surface area contributed by atoms with Crippen molar-refractivity contribution in [2.24, 2.45) is 0 Å². The zero-order chi connectivity index (χ0) is 53.2. The van der Waals surface area contributed by atoms with E-state index in [1.54, 1.807) is 20.8 Å². The number of carboxylic acid groups (broad SMARTS) is 1. The van der Waals surface area contributed by atoms with Crippen LogP contribution in [0.25, 0.3) is 0 Å². The van der Waals surface area contributed by atoms with Crippen LogP contribution in [-0.2, 0) is 24.0 Å². The summed E-state index contributed by atoms with van der Waals surface area (Å²) in [5.41, 5.74) is -0.931. The molecule has 0 heterocycles. The van der Waals surface area contributed by atoms with E-state index in [0.29, 0.717) is 0 Å². The second-order valence-electron chi connectivity index (χ2n) is 11.7. The number of carbonyl (C=O) groups is 5. The molecule has 0 aromatic carbocycles. The van der Waals surface area contributed by atoms with Gasteiger partial charge in [0.15, 0.2) is 0 Å². The predicted molar refractivity (Wildman–Crippen MR) is 289 cm³/mol. The first-order valence-electron chi connectivity index (χ1n) is 20.0. The summed E-state index contributed by atoms with van der Waals surface area (Å²) in [7, 11) is 0. The van der Waals surface area contributed by atoms with Gasteiger partial charge in [0, 0.05) is 6.92 Å². The summed E-state index contributed by atoms with van der Waals surface area (Å²) in [5.74, 6) is 6.77. The number of hydrogen-bond donors (Lipinski definition) is 2. The minimum atomic E-state index is -2.50. The number of carboxylic acids is 1. The van der Waals surface area contributed by atoms with Crippen LogP contribution >= 0.6 is 12.2 Å². The van der Waals surface area contributed by atoms with E-state index in [1.807, 2.05) is 27.7 Å². The molecule has 0 radical (unpaired) electrons. The number of hydrogen-bond acceptors (Lipinski definition) is 8. The molecular formula is C52H111F2NaO8S. The molecule has 3 N–H and O–H groups in total. The van der Waals surface area contributed by atoms with E-state index in [-0.39, 0.29) is 61.5 Å². The summed E-state index contributed by atoms with van der Waals surface area (Å²) < 4.78 is 22.0. The predicted octanol–water partition coefficient (Wildman–Crippen LogP) is 13.7. The van der Waals surface area contributed by atoms with Crippen LogP contribution in [0.2, 0.25) is 0 Å². The van der Waals surface area contributed by atoms with Gasteiger partial charge in [-0.05, 0) is 109 Å². The summed E-state index contributed by atoms with van der Waals surface area (Å²) in [6, 6.07) is 0. The maximum Gasteiger partial charge on any atom is 1.00 e. The van der Waals surface area contributed by atoms with E-state index in [1.165, 1.54) is 92.9 Å². The smallest absolute Gasteiger partial charge is 0.870 e. The van der Waals surface area contributed by atoms with Crippen LogP contribution in [0, 0.1) is 36.5 Å². The van der Waals surface area contributed by atoms with E-state index in [4.69, 9.17) is 31.0 Å². The van der Waals surface area contributed by atoms with E-state index >= 15 is 0 Å². The third-order valence-electron chi connectivity index (χ3n) is 2.02. The average molecular weight is 958 g/mol. The molecule has 0 bridgehead atoms. The van der Waals surface area contributed by atoms with Gasteiger partial charge < -0.3 is 34.9 Å². The van der Waals surface area contributed by atoms with Crippen LogP contribution in [0.4, 0.5) is 8.78 Å². The third-order valence-corrected chi connectivity index (χ3v) is 2.02. The molecule has 0 aromatic heterocycles. The van der Waals surface area contributed by atoms with Crippen molar-refractivity contribution in [1.29, 1.82) is 0 Å². The zero-order valence-electron chi connectivity index (χ0n) is 45.3. The summed E-state index contributed by atoms with van der Waals surface area (Å²) in [4.78, 5) is 46.5. The van der Waals surface area contributed by atoms with Gasteiger partial charge in [-0.15, -0.1) is 56.9 Å². The first-order chi connectivity index (χ1) is 27.3. The molecule has 0 saturated heterocycles. The Labute approximate surface area is 429 Å². The molecule has 0 spiro atoms. The zero-order valence-corrected chi connectivity index (χ0v) is 48.2. The number of unbranched alkanes of at least 4 members (excludes halogenated alkanes) is 4. The van der Waals surface area contributed by atoms with Gasteiger partial charge in [0.2, 0.25) is 5.92 Å². The maximum absolute atomic E-state index is 11.0. The Morgan fingerprint density at radius 1 is 0.625 bits per heavy atom. The van der Waals surface area contributed by atoms with Crippen molar-refractivity contribution >= 4 is 47.2 Å². The van der Waals surface area contributed by atoms with Crippen LogP contribution in [0.5, 0.6) is 0 Å². The Kier molecular flexibility index (Phi) is 348. The second-order valence-corrected chi connectivity index (χ2v) is 12.5. The molecule has 0 fully saturated rings. The molecule has 0 atom stereocenters. The molecule has 0 aliphatic rings. The van der Waals surface area contributed by atoms with Gasteiger partial charge in [0.25, 0.3) is 5.97 Å². The summed E-state index contributed by atoms with van der Waals surface area (Å²) in [6.07, 6.45) is 21.6. The van der Waals surface area contributed by atoms with Crippen LogP contribution in [0.15, 0.2) is 26.3 Å². The molecular weight excluding hydrogens is 846 g/mol. The number of aliphatic carboxylic acids is 1. The van der Waals surface area contributed by atoms with Crippen LogP contribution < -0.4 is 29.6 Å². The topological polar surface area (TPSA) is 156 Å². The van der Waals surface area contributed by atoms with Crippen molar-refractivity contribution in [3.8, 4) is 36.5 Å². The Hall–Kier alpha value is -2.82. The van der Waals surface area contributed by atoms with Crippen LogP contribution in [-0.4, -0.2) is 62.2 Å². The van der Waals surface area contributed by atoms with Gasteiger partial charge in [0.05, 0.1) is 0 Å². The fraction of sp³-hybridized carbons (Fsp3) is 0.692. The molecule has 0 saturated carbocycles. The summed E-state index contributed by atoms with van der Waals surface area (Å²) >= 11 is 4.54. The first kappa shape index (κ1) is 131. The molecule has 64 heavy (non-hydrogen) atoms. The first-order valence-corrected chi connectivity index (χ1v) is 20.4. The Bertz CT molecular complexity index is 797. The maximum atomic E-state index is 11.0. The van der Waals surface area contributed by atoms with E-state index in [2.05, 4.69) is 124 Å². The molecule has 388 valence electrons. The van der Waals surface area contributed by atoms with E-state index in [0.717, 1.165) is 38.2 Å². The largest absolute Gasteiger partial charge is 1.00 e. The molecule has 0 amide bonds. The summed E-state index contributed by atoms with van der Waals surface area (Å²) in [6.45, 7) is 53.4. The quantitative estimate of drug-likeness (QED) is 0.0920. The second kappa shape index (κ2) is 170. The number of carbonyl (C=O) groups excluding carboxylic acids is 4. The van der Waals surface area contributed by atoms with Gasteiger partial charge in [-0.25, -0.2) is 8.78 Å². The third kappa shape index (κ3) is 7470. The molecule has 8 nitrogen and oxygen atoms in total. The molecule has 0 aliphatic heterocycles. The van der Waals surface area contributed by atoms with Crippen molar-refractivity contribution in [1.82, 2.24) is 0 Å². The van der Waals surface area contributed by atoms with Gasteiger partial charge >= 0.3 is 29.6 Å². The minimum Gasteiger partial charge on any atom is -0.870 e. The molecule has 0 rings (SSSR count). The molecule has 0 unspecified atom stereocenters. The van der Waals surface area contributed by atoms with Crippen molar-refractivity contribution in [3.05, 3.63) is 26.3 Å². The molecule has 0 aliphatic carbocycles. The summed E-state index contributed by atoms with van der Waals surface area (Å²) in [5, 5.41) is 16.0. The average Bonchev–Trinajstić information content (AvgIpc) is 3.08. The molecule has 0 aromatic rings. The van der Waals surface area contributed by atoms with Crippen molar-refractivity contribution in [3.63, 3.8) is 0 Å². The Morgan fingerprint density at radius 2 is 0.688 bits per heavy atom.